The van der Waals surface area contributed by atoms with Crippen molar-refractivity contribution in [1.29, 1.82) is 0 Å². The highest BCUT2D eigenvalue weighted by Gasteiger charge is 2.03. The third-order valence-corrected chi connectivity index (χ3v) is 2.02. The van der Waals surface area contributed by atoms with Gasteiger partial charge >= 0.3 is 0 Å². The van der Waals surface area contributed by atoms with E-state index in [1.807, 2.05) is 18.2 Å². The lowest BCUT2D eigenvalue weighted by molar-refractivity contribution is 0.942. The third kappa shape index (κ3) is 1.16. The number of hydrogen-bond acceptors (Lipinski definition) is 2. The number of rotatable bonds is 0. The quantitative estimate of drug-likeness (QED) is 0.527. The van der Waals surface area contributed by atoms with Gasteiger partial charge in [0.05, 0.1) is 0 Å². The molecule has 1 fully saturated rings. The van der Waals surface area contributed by atoms with E-state index in [4.69, 9.17) is 0 Å². The van der Waals surface area contributed by atoms with Gasteiger partial charge in [-0.3, -0.25) is 0 Å². The summed E-state index contributed by atoms with van der Waals surface area (Å²) in [6, 6.07) is 8.12. The van der Waals surface area contributed by atoms with Crippen LogP contribution >= 0.6 is 0 Å². The molecule has 2 rings (SSSR count). The maximum atomic E-state index is 3.96. The third-order valence-electron chi connectivity index (χ3n) is 2.02. The Morgan fingerprint density at radius 3 is 2.42 bits per heavy atom. The van der Waals surface area contributed by atoms with Crippen LogP contribution in [0.25, 0.3) is 12.4 Å². The molecule has 1 saturated heterocycles. The summed E-state index contributed by atoms with van der Waals surface area (Å²) < 4.78 is 0. The first-order chi connectivity index (χ1) is 5.88. The monoisotopic (exact) mass is 160 g/mol. The standard InChI is InChI=1S/C10H12N2/c1-8-4-2-3-5-9(8)10-11-6-7-12-10/h2-5,11-12H,1,6-7H2. The van der Waals surface area contributed by atoms with Crippen molar-refractivity contribution in [3.8, 4) is 0 Å². The first kappa shape index (κ1) is 7.22. The summed E-state index contributed by atoms with van der Waals surface area (Å²) in [5, 5.41) is 8.80. The van der Waals surface area contributed by atoms with Crippen molar-refractivity contribution in [2.45, 2.75) is 0 Å². The van der Waals surface area contributed by atoms with Gasteiger partial charge in [0.25, 0.3) is 0 Å². The van der Waals surface area contributed by atoms with E-state index in [2.05, 4.69) is 23.3 Å². The number of hydrogen-bond donors (Lipinski definition) is 2. The average Bonchev–Trinajstić information content (AvgIpc) is 2.57. The van der Waals surface area contributed by atoms with E-state index >= 15 is 0 Å². The molecule has 1 aromatic rings. The zero-order chi connectivity index (χ0) is 8.39. The molecule has 1 aliphatic rings. The predicted octanol–water partition coefficient (Wildman–Crippen LogP) is -0.645. The molecule has 0 saturated carbocycles. The maximum Gasteiger partial charge on any atom is 0.107 e. The Morgan fingerprint density at radius 1 is 1.08 bits per heavy atom. The van der Waals surface area contributed by atoms with Crippen molar-refractivity contribution in [2.75, 3.05) is 13.1 Å². The molecular weight excluding hydrogens is 148 g/mol. The molecular formula is C10H12N2. The van der Waals surface area contributed by atoms with Gasteiger partial charge in [-0.05, 0) is 5.22 Å². The predicted molar refractivity (Wildman–Crippen MR) is 50.6 cm³/mol. The lowest BCUT2D eigenvalue weighted by Crippen LogP contribution is -2.31. The minimum Gasteiger partial charge on any atom is -0.370 e. The van der Waals surface area contributed by atoms with E-state index in [0.717, 1.165) is 24.1 Å². The van der Waals surface area contributed by atoms with Crippen molar-refractivity contribution in [3.63, 3.8) is 0 Å². The summed E-state index contributed by atoms with van der Waals surface area (Å²) in [4.78, 5) is 0. The first-order valence-electron chi connectivity index (χ1n) is 4.14. The summed E-state index contributed by atoms with van der Waals surface area (Å²) in [6.07, 6.45) is 0. The van der Waals surface area contributed by atoms with Crippen LogP contribution < -0.4 is 21.1 Å². The van der Waals surface area contributed by atoms with Crippen LogP contribution in [0.5, 0.6) is 0 Å². The molecule has 12 heavy (non-hydrogen) atoms. The molecule has 0 bridgehead atoms. The molecule has 2 N–H and O–H groups in total. The highest BCUT2D eigenvalue weighted by atomic mass is 15.2. The van der Waals surface area contributed by atoms with Gasteiger partial charge in [-0.15, -0.1) is 0 Å². The lowest BCUT2D eigenvalue weighted by Gasteiger charge is -1.98. The van der Waals surface area contributed by atoms with Crippen LogP contribution in [0.3, 0.4) is 0 Å². The second-order valence-corrected chi connectivity index (χ2v) is 2.89. The molecule has 0 amide bonds. The summed E-state index contributed by atoms with van der Waals surface area (Å²) in [5.74, 6) is 1.11. The van der Waals surface area contributed by atoms with Gasteiger partial charge in [-0.1, -0.05) is 30.8 Å². The van der Waals surface area contributed by atoms with Crippen LogP contribution in [0.2, 0.25) is 0 Å². The Balaban J connectivity index is 2.65. The van der Waals surface area contributed by atoms with E-state index in [1.165, 1.54) is 5.22 Å². The van der Waals surface area contributed by atoms with E-state index in [1.54, 1.807) is 0 Å². The fraction of sp³-hybridized carbons (Fsp3) is 0.200. The van der Waals surface area contributed by atoms with Gasteiger partial charge < -0.3 is 10.6 Å². The van der Waals surface area contributed by atoms with Crippen molar-refractivity contribution in [1.82, 2.24) is 10.6 Å². The SMILES string of the molecule is C=c1ccccc1=C1NCCN1. The molecule has 1 aromatic carbocycles. The Morgan fingerprint density at radius 2 is 1.75 bits per heavy atom. The number of benzene rings is 1. The zero-order valence-electron chi connectivity index (χ0n) is 6.93. The van der Waals surface area contributed by atoms with Gasteiger partial charge in [-0.2, -0.15) is 0 Å². The Labute approximate surface area is 71.6 Å². The fourth-order valence-corrected chi connectivity index (χ4v) is 1.39. The molecule has 1 heterocycles. The minimum atomic E-state index is 1.00. The van der Waals surface area contributed by atoms with E-state index in [9.17, 15) is 0 Å². The molecule has 0 aliphatic carbocycles. The van der Waals surface area contributed by atoms with Crippen molar-refractivity contribution in [2.24, 2.45) is 0 Å². The Kier molecular flexibility index (Phi) is 1.74. The van der Waals surface area contributed by atoms with Crippen molar-refractivity contribution >= 4 is 12.4 Å². The summed E-state index contributed by atoms with van der Waals surface area (Å²) >= 11 is 0. The second kappa shape index (κ2) is 2.89. The molecule has 0 radical (unpaired) electrons. The molecule has 0 atom stereocenters. The molecule has 0 spiro atoms. The van der Waals surface area contributed by atoms with Crippen LogP contribution in [0, 0.1) is 0 Å². The molecule has 62 valence electrons. The van der Waals surface area contributed by atoms with E-state index in [-0.39, 0.29) is 0 Å². The maximum absolute atomic E-state index is 3.96. The minimum absolute atomic E-state index is 1.00. The summed E-state index contributed by atoms with van der Waals surface area (Å²) in [5.41, 5.74) is 0. The van der Waals surface area contributed by atoms with Crippen molar-refractivity contribution < 1.29 is 0 Å². The highest BCUT2D eigenvalue weighted by Crippen LogP contribution is 1.85. The molecule has 2 nitrogen and oxygen atoms in total. The lowest BCUT2D eigenvalue weighted by atomic mass is 10.2. The van der Waals surface area contributed by atoms with Gasteiger partial charge in [0.15, 0.2) is 0 Å². The average molecular weight is 160 g/mol. The fourth-order valence-electron chi connectivity index (χ4n) is 1.39. The summed E-state index contributed by atoms with van der Waals surface area (Å²) in [6.45, 7) is 5.97. The molecule has 0 unspecified atom stereocenters. The highest BCUT2D eigenvalue weighted by molar-refractivity contribution is 5.43. The van der Waals surface area contributed by atoms with E-state index in [0.29, 0.717) is 0 Å². The molecule has 2 heteroatoms. The van der Waals surface area contributed by atoms with Gasteiger partial charge in [0, 0.05) is 18.3 Å². The van der Waals surface area contributed by atoms with Gasteiger partial charge in [0.2, 0.25) is 0 Å². The zero-order valence-corrected chi connectivity index (χ0v) is 6.93. The smallest absolute Gasteiger partial charge is 0.107 e. The van der Waals surface area contributed by atoms with Crippen LogP contribution in [-0.4, -0.2) is 13.1 Å². The first-order valence-corrected chi connectivity index (χ1v) is 4.14. The van der Waals surface area contributed by atoms with Crippen LogP contribution in [-0.2, 0) is 0 Å². The molecule has 0 aromatic heterocycles. The van der Waals surface area contributed by atoms with E-state index < -0.39 is 0 Å². The van der Waals surface area contributed by atoms with Gasteiger partial charge in [0.1, 0.15) is 5.82 Å². The van der Waals surface area contributed by atoms with Crippen molar-refractivity contribution in [3.05, 3.63) is 34.7 Å². The molecule has 1 aliphatic heterocycles. The van der Waals surface area contributed by atoms with Crippen LogP contribution in [0.1, 0.15) is 0 Å². The van der Waals surface area contributed by atoms with Crippen LogP contribution in [0.4, 0.5) is 0 Å². The largest absolute Gasteiger partial charge is 0.370 e. The van der Waals surface area contributed by atoms with Gasteiger partial charge in [-0.25, -0.2) is 0 Å². The van der Waals surface area contributed by atoms with Crippen LogP contribution in [0.15, 0.2) is 24.3 Å². The normalized spacial score (nSPS) is 15.5. The second-order valence-electron chi connectivity index (χ2n) is 2.89. The Bertz CT molecular complexity index is 373. The summed E-state index contributed by atoms with van der Waals surface area (Å²) in [7, 11) is 0. The number of nitrogens with one attached hydrogen (secondary N) is 2. The topological polar surface area (TPSA) is 24.1 Å². The Hall–Kier alpha value is -1.44.